The molecule has 3 heteroatoms. The Morgan fingerprint density at radius 1 is 1.47 bits per heavy atom. The van der Waals surface area contributed by atoms with Gasteiger partial charge in [0, 0.05) is 18.0 Å². The number of fused-ring (bicyclic) bond motifs is 1. The van der Waals surface area contributed by atoms with E-state index in [0.29, 0.717) is 5.69 Å². The maximum Gasteiger partial charge on any atom is 0.192 e. The molecule has 0 atom stereocenters. The summed E-state index contributed by atoms with van der Waals surface area (Å²) in [5, 5.41) is 1.12. The highest BCUT2D eigenvalue weighted by Crippen LogP contribution is 2.22. The van der Waals surface area contributed by atoms with Crippen LogP contribution in [0.5, 0.6) is 0 Å². The third kappa shape index (κ3) is 1.45. The minimum atomic E-state index is -0.0203. The molecule has 0 saturated heterocycles. The van der Waals surface area contributed by atoms with E-state index < -0.39 is 0 Å². The zero-order valence-corrected chi connectivity index (χ0v) is 8.95. The number of aryl methyl sites for hydroxylation is 2. The molecule has 0 aliphatic carbocycles. The zero-order valence-electron chi connectivity index (χ0n) is 8.95. The van der Waals surface area contributed by atoms with Crippen molar-refractivity contribution in [3.05, 3.63) is 35.5 Å². The number of carbonyl (C=O) groups excluding carboxylic acids is 1. The summed E-state index contributed by atoms with van der Waals surface area (Å²) in [6.07, 6.45) is 0. The number of aromatic nitrogens is 1. The molecule has 2 rings (SSSR count). The number of ketones is 1. The molecule has 78 valence electrons. The Labute approximate surface area is 88.5 Å². The van der Waals surface area contributed by atoms with E-state index in [1.54, 1.807) is 0 Å². The number of hydrogen-bond donors (Lipinski definition) is 1. The Kier molecular flexibility index (Phi) is 2.32. The maximum atomic E-state index is 11.6. The lowest BCUT2D eigenvalue weighted by Gasteiger charge is -2.01. The normalized spacial score (nSPS) is 10.9. The van der Waals surface area contributed by atoms with Gasteiger partial charge in [0.25, 0.3) is 0 Å². The Morgan fingerprint density at radius 3 is 2.80 bits per heavy atom. The second kappa shape index (κ2) is 3.51. The SMILES string of the molecule is Cc1cccc2c1cc(C(=O)CN)n2C. The molecular formula is C12H14N2O. The molecule has 0 spiro atoms. The first-order chi connectivity index (χ1) is 7.15. The van der Waals surface area contributed by atoms with Crippen molar-refractivity contribution in [1.29, 1.82) is 0 Å². The van der Waals surface area contributed by atoms with Crippen LogP contribution in [0.4, 0.5) is 0 Å². The summed E-state index contributed by atoms with van der Waals surface area (Å²) < 4.78 is 1.90. The summed E-state index contributed by atoms with van der Waals surface area (Å²) in [6.45, 7) is 2.10. The molecule has 0 unspecified atom stereocenters. The summed E-state index contributed by atoms with van der Waals surface area (Å²) in [7, 11) is 1.89. The average molecular weight is 202 g/mol. The smallest absolute Gasteiger partial charge is 0.192 e. The monoisotopic (exact) mass is 202 g/mol. The standard InChI is InChI=1S/C12H14N2O/c1-8-4-3-5-10-9(8)6-11(14(10)2)12(15)7-13/h3-6H,7,13H2,1-2H3. The quantitative estimate of drug-likeness (QED) is 0.752. The van der Waals surface area contributed by atoms with E-state index in [0.717, 1.165) is 10.9 Å². The van der Waals surface area contributed by atoms with Gasteiger partial charge in [-0.05, 0) is 24.6 Å². The van der Waals surface area contributed by atoms with Crippen molar-refractivity contribution in [3.8, 4) is 0 Å². The molecule has 3 nitrogen and oxygen atoms in total. The number of hydrogen-bond acceptors (Lipinski definition) is 2. The summed E-state index contributed by atoms with van der Waals surface area (Å²) in [5.41, 5.74) is 8.31. The third-order valence-electron chi connectivity index (χ3n) is 2.78. The van der Waals surface area contributed by atoms with Crippen molar-refractivity contribution >= 4 is 16.7 Å². The van der Waals surface area contributed by atoms with Gasteiger partial charge in [-0.15, -0.1) is 0 Å². The second-order valence-corrected chi connectivity index (χ2v) is 3.72. The van der Waals surface area contributed by atoms with Crippen molar-refractivity contribution < 1.29 is 4.79 Å². The van der Waals surface area contributed by atoms with Crippen LogP contribution in [0.15, 0.2) is 24.3 Å². The van der Waals surface area contributed by atoms with E-state index in [1.807, 2.05) is 42.8 Å². The van der Waals surface area contributed by atoms with Crippen LogP contribution in [0.25, 0.3) is 10.9 Å². The van der Waals surface area contributed by atoms with E-state index in [4.69, 9.17) is 5.73 Å². The lowest BCUT2D eigenvalue weighted by molar-refractivity contribution is 0.0994. The van der Waals surface area contributed by atoms with Crippen LogP contribution in [-0.4, -0.2) is 16.9 Å². The molecule has 0 amide bonds. The molecule has 0 radical (unpaired) electrons. The van der Waals surface area contributed by atoms with E-state index in [1.165, 1.54) is 5.56 Å². The van der Waals surface area contributed by atoms with Gasteiger partial charge in [-0.25, -0.2) is 0 Å². The van der Waals surface area contributed by atoms with E-state index in [-0.39, 0.29) is 12.3 Å². The fraction of sp³-hybridized carbons (Fsp3) is 0.250. The van der Waals surface area contributed by atoms with Gasteiger partial charge >= 0.3 is 0 Å². The fourth-order valence-corrected chi connectivity index (χ4v) is 1.88. The van der Waals surface area contributed by atoms with Crippen molar-refractivity contribution in [2.75, 3.05) is 6.54 Å². The summed E-state index contributed by atoms with van der Waals surface area (Å²) >= 11 is 0. The Morgan fingerprint density at radius 2 is 2.20 bits per heavy atom. The van der Waals surface area contributed by atoms with Crippen LogP contribution in [-0.2, 0) is 7.05 Å². The molecule has 1 aromatic carbocycles. The van der Waals surface area contributed by atoms with Gasteiger partial charge in [0.1, 0.15) is 0 Å². The number of carbonyl (C=O) groups is 1. The van der Waals surface area contributed by atoms with Gasteiger partial charge in [-0.3, -0.25) is 4.79 Å². The molecule has 1 heterocycles. The summed E-state index contributed by atoms with van der Waals surface area (Å²) in [6, 6.07) is 7.96. The first-order valence-electron chi connectivity index (χ1n) is 4.93. The van der Waals surface area contributed by atoms with Gasteiger partial charge in [0.2, 0.25) is 0 Å². The van der Waals surface area contributed by atoms with E-state index >= 15 is 0 Å². The molecule has 1 aromatic heterocycles. The maximum absolute atomic E-state index is 11.6. The van der Waals surface area contributed by atoms with Crippen LogP contribution in [0.2, 0.25) is 0 Å². The number of nitrogens with two attached hydrogens (primary N) is 1. The Balaban J connectivity index is 2.75. The molecule has 2 aromatic rings. The highest BCUT2D eigenvalue weighted by molar-refractivity contribution is 6.01. The molecule has 0 aliphatic rings. The highest BCUT2D eigenvalue weighted by Gasteiger charge is 2.12. The van der Waals surface area contributed by atoms with Crippen molar-refractivity contribution in [2.24, 2.45) is 12.8 Å². The van der Waals surface area contributed by atoms with E-state index in [2.05, 4.69) is 0 Å². The molecule has 15 heavy (non-hydrogen) atoms. The predicted molar refractivity (Wildman–Crippen MR) is 61.0 cm³/mol. The predicted octanol–water partition coefficient (Wildman–Crippen LogP) is 1.63. The number of Topliss-reactive ketones (excluding diaryl/α,β-unsaturated/α-hetero) is 1. The fourth-order valence-electron chi connectivity index (χ4n) is 1.88. The molecule has 0 saturated carbocycles. The highest BCUT2D eigenvalue weighted by atomic mass is 16.1. The minimum Gasteiger partial charge on any atom is -0.341 e. The summed E-state index contributed by atoms with van der Waals surface area (Å²) in [4.78, 5) is 11.6. The molecule has 0 aliphatic heterocycles. The molecule has 0 bridgehead atoms. The van der Waals surface area contributed by atoms with Gasteiger partial charge in [-0.2, -0.15) is 0 Å². The molecule has 2 N–H and O–H groups in total. The van der Waals surface area contributed by atoms with Gasteiger partial charge < -0.3 is 10.3 Å². The van der Waals surface area contributed by atoms with Crippen LogP contribution >= 0.6 is 0 Å². The molecule has 0 fully saturated rings. The van der Waals surface area contributed by atoms with Crippen LogP contribution in [0.3, 0.4) is 0 Å². The first kappa shape index (κ1) is 9.93. The number of nitrogens with zero attached hydrogens (tertiary/aromatic N) is 1. The van der Waals surface area contributed by atoms with Crippen LogP contribution in [0, 0.1) is 6.92 Å². The largest absolute Gasteiger partial charge is 0.341 e. The summed E-state index contributed by atoms with van der Waals surface area (Å²) in [5.74, 6) is -0.0203. The lowest BCUT2D eigenvalue weighted by atomic mass is 10.1. The average Bonchev–Trinajstić information content (AvgIpc) is 2.57. The lowest BCUT2D eigenvalue weighted by Crippen LogP contribution is -2.16. The zero-order chi connectivity index (χ0) is 11.0. The first-order valence-corrected chi connectivity index (χ1v) is 4.93. The van der Waals surface area contributed by atoms with Crippen LogP contribution < -0.4 is 5.73 Å². The molecular weight excluding hydrogens is 188 g/mol. The van der Waals surface area contributed by atoms with Gasteiger partial charge in [-0.1, -0.05) is 12.1 Å². The second-order valence-electron chi connectivity index (χ2n) is 3.72. The van der Waals surface area contributed by atoms with Gasteiger partial charge in [0.05, 0.1) is 12.2 Å². The minimum absolute atomic E-state index is 0.0203. The van der Waals surface area contributed by atoms with Gasteiger partial charge in [0.15, 0.2) is 5.78 Å². The Bertz CT molecular complexity index is 526. The number of benzene rings is 1. The van der Waals surface area contributed by atoms with Crippen molar-refractivity contribution in [3.63, 3.8) is 0 Å². The third-order valence-corrected chi connectivity index (χ3v) is 2.78. The Hall–Kier alpha value is -1.61. The number of rotatable bonds is 2. The van der Waals surface area contributed by atoms with Crippen molar-refractivity contribution in [2.45, 2.75) is 6.92 Å². The topological polar surface area (TPSA) is 48.0 Å². The van der Waals surface area contributed by atoms with Crippen LogP contribution in [0.1, 0.15) is 16.1 Å². The van der Waals surface area contributed by atoms with E-state index in [9.17, 15) is 4.79 Å². The van der Waals surface area contributed by atoms with Crippen molar-refractivity contribution in [1.82, 2.24) is 4.57 Å².